The molecule has 0 bridgehead atoms. The molecule has 2 aromatic carbocycles. The Kier molecular flexibility index (Phi) is 7.18. The average molecular weight is 765 g/mol. The van der Waals surface area contributed by atoms with Crippen LogP contribution in [0, 0.1) is 38.2 Å². The first kappa shape index (κ1) is 24.7. The van der Waals surface area contributed by atoms with Gasteiger partial charge in [0.2, 0.25) is 5.71 Å². The minimum atomic E-state index is -2.32. The van der Waals surface area contributed by atoms with E-state index in [4.69, 9.17) is 16.3 Å². The number of aromatic nitrogens is 3. The molecular weight excluding hydrogens is 727 g/mol. The van der Waals surface area contributed by atoms with E-state index in [1.807, 2.05) is 89.3 Å². The van der Waals surface area contributed by atoms with Crippen molar-refractivity contribution < 1.29 is 31.4 Å². The summed E-state index contributed by atoms with van der Waals surface area (Å²) in [7, 11) is 0. The second-order valence-electron chi connectivity index (χ2n) is 11.2. The number of benzene rings is 2. The Labute approximate surface area is 277 Å². The monoisotopic (exact) mass is 765 g/mol. The summed E-state index contributed by atoms with van der Waals surface area (Å²) in [5.74, 6) is 0. The number of hydrogen-bond donors (Lipinski definition) is 0. The number of nitrogens with zero attached hydrogens (tertiary/aromatic N) is 3. The molecule has 4 nitrogen and oxygen atoms in total. The fourth-order valence-corrected chi connectivity index (χ4v) is 5.98. The number of furan rings is 1. The third-order valence-electron chi connectivity index (χ3n) is 6.74. The standard InChI is InChI=1S/C25H23N2OS.C12H10N.Ir/c1-14-9-10-18-17-7-6-8-19(22(17)28-23(18)26-14)20-12-11-16-15(2)21(13-25(3,4)5)29-24(16)27-20;1-10-7-8-12(13-9-10)11-5-3-2-4-6-11;/h6-7,9-12H,13H2,1-5H3;2-5,7-9H,1H3;/q2*-1;/i1D3,13D2;;. The summed E-state index contributed by atoms with van der Waals surface area (Å²) in [6.45, 7) is 7.36. The predicted molar refractivity (Wildman–Crippen MR) is 175 cm³/mol. The van der Waals surface area contributed by atoms with Crippen molar-refractivity contribution in [2.75, 3.05) is 0 Å². The van der Waals surface area contributed by atoms with Gasteiger partial charge in [0.1, 0.15) is 4.83 Å². The first-order valence-corrected chi connectivity index (χ1v) is 14.5. The smallest absolute Gasteiger partial charge is 0.216 e. The summed E-state index contributed by atoms with van der Waals surface area (Å²) in [5.41, 5.74) is 5.64. The number of thiophene rings is 1. The average Bonchev–Trinajstić information content (AvgIpc) is 3.58. The molecule has 5 heterocycles. The van der Waals surface area contributed by atoms with E-state index < -0.39 is 18.6 Å². The quantitative estimate of drug-likeness (QED) is 0.168. The second kappa shape index (κ2) is 12.5. The Balaban J connectivity index is 0.000000270. The maximum absolute atomic E-state index is 8.72. The van der Waals surface area contributed by atoms with E-state index >= 15 is 0 Å². The minimum Gasteiger partial charge on any atom is -0.486 e. The van der Waals surface area contributed by atoms with Crippen molar-refractivity contribution in [2.24, 2.45) is 5.41 Å². The van der Waals surface area contributed by atoms with Gasteiger partial charge in [0, 0.05) is 54.5 Å². The molecule has 0 fully saturated rings. The third-order valence-corrected chi connectivity index (χ3v) is 7.86. The molecule has 7 aromatic rings. The van der Waals surface area contributed by atoms with Crippen LogP contribution in [0.3, 0.4) is 0 Å². The topological polar surface area (TPSA) is 51.8 Å². The molecule has 0 atom stereocenters. The molecule has 0 aliphatic heterocycles. The van der Waals surface area contributed by atoms with Gasteiger partial charge in [-0.1, -0.05) is 56.0 Å². The molecule has 6 heteroatoms. The van der Waals surface area contributed by atoms with E-state index in [0.29, 0.717) is 21.7 Å². The molecule has 0 saturated carbocycles. The van der Waals surface area contributed by atoms with E-state index in [0.717, 1.165) is 37.8 Å². The van der Waals surface area contributed by atoms with Crippen LogP contribution in [0.15, 0.2) is 83.4 Å². The molecule has 5 aromatic heterocycles. The van der Waals surface area contributed by atoms with Crippen LogP contribution in [0.25, 0.3) is 54.8 Å². The van der Waals surface area contributed by atoms with Crippen LogP contribution in [-0.2, 0) is 26.5 Å². The number of rotatable bonds is 3. The zero-order valence-electron chi connectivity index (χ0n) is 29.5. The summed E-state index contributed by atoms with van der Waals surface area (Å²) in [6, 6.07) is 29.0. The van der Waals surface area contributed by atoms with Crippen LogP contribution < -0.4 is 0 Å². The SMILES string of the molecule is Cc1ccc(-c2[c-]cccc2)nc1.[2H]C([2H])([2H])c1ccc2c(n1)oc1c(-c3ccc4c(C)c(C([2H])([2H])C(C)(C)C)sc4n3)[c-]ccc12.[Ir]. The zero-order valence-corrected chi connectivity index (χ0v) is 27.7. The molecule has 0 unspecified atom stereocenters. The van der Waals surface area contributed by atoms with Gasteiger partial charge < -0.3 is 9.40 Å². The Hall–Kier alpha value is -3.70. The van der Waals surface area contributed by atoms with Crippen molar-refractivity contribution >= 4 is 43.6 Å². The summed E-state index contributed by atoms with van der Waals surface area (Å²) >= 11 is 1.38. The van der Waals surface area contributed by atoms with Gasteiger partial charge in [-0.3, -0.25) is 4.98 Å². The molecule has 7 rings (SSSR count). The van der Waals surface area contributed by atoms with Crippen LogP contribution in [0.5, 0.6) is 0 Å². The molecular formula is C37H33IrN3OS-2. The van der Waals surface area contributed by atoms with Crippen LogP contribution >= 0.6 is 11.3 Å². The first-order valence-electron chi connectivity index (χ1n) is 16.2. The molecule has 0 aliphatic carbocycles. The fraction of sp³-hybridized carbons (Fsp3) is 0.216. The van der Waals surface area contributed by atoms with E-state index in [1.165, 1.54) is 23.0 Å². The van der Waals surface area contributed by atoms with E-state index in [-0.39, 0.29) is 31.5 Å². The maximum atomic E-state index is 8.72. The van der Waals surface area contributed by atoms with Gasteiger partial charge >= 0.3 is 0 Å². The van der Waals surface area contributed by atoms with Crippen molar-refractivity contribution in [2.45, 2.75) is 47.8 Å². The molecule has 0 aliphatic rings. The molecule has 0 amide bonds. The summed E-state index contributed by atoms with van der Waals surface area (Å²) in [6.07, 6.45) is 0.371. The van der Waals surface area contributed by atoms with E-state index in [9.17, 15) is 0 Å². The Morgan fingerprint density at radius 3 is 2.42 bits per heavy atom. The predicted octanol–water partition coefficient (Wildman–Crippen LogP) is 10.1. The maximum Gasteiger partial charge on any atom is 0.216 e. The van der Waals surface area contributed by atoms with Crippen molar-refractivity contribution in [3.63, 3.8) is 0 Å². The normalized spacial score (nSPS) is 13.7. The van der Waals surface area contributed by atoms with Crippen LogP contribution in [0.4, 0.5) is 0 Å². The summed E-state index contributed by atoms with van der Waals surface area (Å²) in [5, 5.41) is 2.46. The van der Waals surface area contributed by atoms with Crippen molar-refractivity contribution in [3.8, 4) is 22.5 Å². The van der Waals surface area contributed by atoms with Crippen molar-refractivity contribution in [1.29, 1.82) is 0 Å². The van der Waals surface area contributed by atoms with Crippen LogP contribution in [-0.4, -0.2) is 15.0 Å². The van der Waals surface area contributed by atoms with Crippen LogP contribution in [0.2, 0.25) is 0 Å². The van der Waals surface area contributed by atoms with Gasteiger partial charge in [0.15, 0.2) is 0 Å². The first-order chi connectivity index (χ1) is 22.1. The van der Waals surface area contributed by atoms with Gasteiger partial charge in [0.25, 0.3) is 0 Å². The van der Waals surface area contributed by atoms with Gasteiger partial charge in [0.05, 0.1) is 5.58 Å². The summed E-state index contributed by atoms with van der Waals surface area (Å²) in [4.78, 5) is 14.8. The number of aryl methyl sites for hydroxylation is 3. The van der Waals surface area contributed by atoms with Crippen molar-refractivity contribution in [1.82, 2.24) is 15.0 Å². The Morgan fingerprint density at radius 1 is 0.884 bits per heavy atom. The molecule has 0 N–H and O–H groups in total. The Bertz CT molecular complexity index is 2220. The number of fused-ring (bicyclic) bond motifs is 4. The molecule has 219 valence electrons. The number of pyridine rings is 3. The van der Waals surface area contributed by atoms with Gasteiger partial charge in [-0.15, -0.1) is 65.4 Å². The second-order valence-corrected chi connectivity index (χ2v) is 12.2. The largest absolute Gasteiger partial charge is 0.486 e. The third kappa shape index (κ3) is 6.62. The molecule has 0 saturated heterocycles. The van der Waals surface area contributed by atoms with Gasteiger partial charge in [-0.2, -0.15) is 0 Å². The zero-order chi connectivity index (χ0) is 33.7. The minimum absolute atomic E-state index is 0. The van der Waals surface area contributed by atoms with Crippen LogP contribution in [0.1, 0.15) is 49.3 Å². The summed E-state index contributed by atoms with van der Waals surface area (Å²) < 4.78 is 46.3. The van der Waals surface area contributed by atoms with E-state index in [2.05, 4.69) is 28.2 Å². The molecule has 43 heavy (non-hydrogen) atoms. The van der Waals surface area contributed by atoms with Crippen molar-refractivity contribution in [3.05, 3.63) is 113 Å². The van der Waals surface area contributed by atoms with Gasteiger partial charge in [-0.05, 0) is 67.1 Å². The van der Waals surface area contributed by atoms with Gasteiger partial charge in [-0.25, -0.2) is 4.98 Å². The molecule has 0 spiro atoms. The number of hydrogen-bond acceptors (Lipinski definition) is 5. The fourth-order valence-electron chi connectivity index (χ4n) is 4.69. The molecule has 1 radical (unpaired) electrons. The Morgan fingerprint density at radius 2 is 1.70 bits per heavy atom. The van der Waals surface area contributed by atoms with E-state index in [1.54, 1.807) is 12.1 Å².